The molecule has 5 nitrogen and oxygen atoms in total. The maximum atomic E-state index is 11.3. The quantitative estimate of drug-likeness (QED) is 0.455. The number of aromatic nitrogens is 2. The monoisotopic (exact) mass is 285 g/mol. The number of H-pyrrole nitrogens is 1. The molecule has 1 unspecified atom stereocenters. The van der Waals surface area contributed by atoms with Gasteiger partial charge in [-0.15, -0.1) is 0 Å². The zero-order chi connectivity index (χ0) is 14.1. The van der Waals surface area contributed by atoms with Gasteiger partial charge in [0, 0.05) is 18.1 Å². The molecule has 0 saturated heterocycles. The largest absolute Gasteiger partial charge is 0.480 e. The van der Waals surface area contributed by atoms with E-state index in [2.05, 4.69) is 15.3 Å². The Morgan fingerprint density at radius 1 is 1.58 bits per heavy atom. The van der Waals surface area contributed by atoms with Gasteiger partial charge >= 0.3 is 5.97 Å². The molecule has 0 amide bonds. The first-order chi connectivity index (χ1) is 9.08. The number of aliphatic carboxylic acids is 1. The van der Waals surface area contributed by atoms with Gasteiger partial charge in [-0.05, 0) is 32.7 Å². The van der Waals surface area contributed by atoms with Crippen molar-refractivity contribution in [3.8, 4) is 0 Å². The number of carboxylic acids is 1. The van der Waals surface area contributed by atoms with Gasteiger partial charge in [0.1, 0.15) is 5.54 Å². The number of thioether (sulfide) groups is 1. The molecule has 0 spiro atoms. The van der Waals surface area contributed by atoms with Gasteiger partial charge in [0.25, 0.3) is 0 Å². The molecule has 1 heterocycles. The lowest BCUT2D eigenvalue weighted by Gasteiger charge is -2.26. The molecule has 0 saturated carbocycles. The molecule has 0 aliphatic heterocycles. The van der Waals surface area contributed by atoms with E-state index in [4.69, 9.17) is 0 Å². The number of hydrogen-bond acceptors (Lipinski definition) is 4. The van der Waals surface area contributed by atoms with Gasteiger partial charge in [-0.3, -0.25) is 4.79 Å². The van der Waals surface area contributed by atoms with Crippen molar-refractivity contribution in [3.63, 3.8) is 0 Å². The Labute approximate surface area is 118 Å². The lowest BCUT2D eigenvalue weighted by molar-refractivity contribution is -0.144. The van der Waals surface area contributed by atoms with E-state index in [1.807, 2.05) is 6.92 Å². The van der Waals surface area contributed by atoms with Crippen LogP contribution in [-0.2, 0) is 4.79 Å². The first-order valence-electron chi connectivity index (χ1n) is 6.69. The summed E-state index contributed by atoms with van der Waals surface area (Å²) in [6.07, 6.45) is 7.02. The number of aromatic amines is 1. The Kier molecular flexibility index (Phi) is 6.94. The van der Waals surface area contributed by atoms with E-state index in [0.717, 1.165) is 36.7 Å². The second-order valence-electron chi connectivity index (χ2n) is 4.76. The fraction of sp³-hybridized carbons (Fsp3) is 0.692. The Morgan fingerprint density at radius 2 is 2.37 bits per heavy atom. The van der Waals surface area contributed by atoms with E-state index in [9.17, 15) is 9.90 Å². The normalized spacial score (nSPS) is 14.2. The van der Waals surface area contributed by atoms with Gasteiger partial charge in [-0.1, -0.05) is 25.1 Å². The molecule has 0 bridgehead atoms. The Bertz CT molecular complexity index is 370. The average Bonchev–Trinajstić information content (AvgIpc) is 2.89. The molecule has 0 radical (unpaired) electrons. The number of carboxylic acid groups (broad SMARTS) is 1. The number of nitrogens with zero attached hydrogens (tertiary/aromatic N) is 1. The van der Waals surface area contributed by atoms with E-state index in [1.165, 1.54) is 0 Å². The van der Waals surface area contributed by atoms with Crippen molar-refractivity contribution >= 4 is 17.7 Å². The smallest absolute Gasteiger partial charge is 0.323 e. The van der Waals surface area contributed by atoms with Crippen molar-refractivity contribution in [2.75, 3.05) is 12.3 Å². The minimum Gasteiger partial charge on any atom is -0.480 e. The zero-order valence-corrected chi connectivity index (χ0v) is 12.4. The summed E-state index contributed by atoms with van der Waals surface area (Å²) in [7, 11) is 0. The molecule has 0 aromatic carbocycles. The second kappa shape index (κ2) is 8.22. The summed E-state index contributed by atoms with van der Waals surface area (Å²) in [5.41, 5.74) is -0.800. The number of nitrogens with one attached hydrogen (secondary N) is 2. The van der Waals surface area contributed by atoms with Crippen LogP contribution >= 0.6 is 11.8 Å². The summed E-state index contributed by atoms with van der Waals surface area (Å²) in [4.78, 5) is 18.5. The zero-order valence-electron chi connectivity index (χ0n) is 11.6. The maximum absolute atomic E-state index is 11.3. The van der Waals surface area contributed by atoms with Crippen LogP contribution in [0.5, 0.6) is 0 Å². The first kappa shape index (κ1) is 16.0. The third kappa shape index (κ3) is 5.65. The summed E-state index contributed by atoms with van der Waals surface area (Å²) in [5, 5.41) is 13.3. The molecule has 0 fully saturated rings. The SMILES string of the molecule is CCCNC(C)(CCCCSc1ncc[nH]1)C(=O)O. The van der Waals surface area contributed by atoms with E-state index in [1.54, 1.807) is 31.1 Å². The third-order valence-electron chi connectivity index (χ3n) is 3.02. The maximum Gasteiger partial charge on any atom is 0.323 e. The summed E-state index contributed by atoms with van der Waals surface area (Å²) in [5.74, 6) is 0.191. The van der Waals surface area contributed by atoms with Crippen LogP contribution < -0.4 is 5.32 Å². The van der Waals surface area contributed by atoms with Crippen molar-refractivity contribution in [2.24, 2.45) is 0 Å². The van der Waals surface area contributed by atoms with Gasteiger partial charge in [-0.2, -0.15) is 0 Å². The van der Waals surface area contributed by atoms with Gasteiger partial charge in [0.15, 0.2) is 5.16 Å². The minimum absolute atomic E-state index is 0.654. The predicted molar refractivity (Wildman–Crippen MR) is 77.5 cm³/mol. The highest BCUT2D eigenvalue weighted by atomic mass is 32.2. The number of carbonyl (C=O) groups is 1. The highest BCUT2D eigenvalue weighted by molar-refractivity contribution is 7.99. The summed E-state index contributed by atoms with van der Waals surface area (Å²) < 4.78 is 0. The van der Waals surface area contributed by atoms with Crippen molar-refractivity contribution in [2.45, 2.75) is 50.2 Å². The third-order valence-corrected chi connectivity index (χ3v) is 4.01. The fourth-order valence-corrected chi connectivity index (χ4v) is 2.58. The molecule has 0 aliphatic rings. The number of hydrogen-bond donors (Lipinski definition) is 3. The number of rotatable bonds is 10. The molecule has 108 valence electrons. The van der Waals surface area contributed by atoms with Crippen LogP contribution in [0.2, 0.25) is 0 Å². The van der Waals surface area contributed by atoms with E-state index >= 15 is 0 Å². The molecular formula is C13H23N3O2S. The van der Waals surface area contributed by atoms with Gasteiger partial charge in [-0.25, -0.2) is 4.98 Å². The summed E-state index contributed by atoms with van der Waals surface area (Å²) in [6.45, 7) is 4.55. The summed E-state index contributed by atoms with van der Waals surface area (Å²) in [6, 6.07) is 0. The van der Waals surface area contributed by atoms with Crippen LogP contribution in [-0.4, -0.2) is 38.9 Å². The molecule has 1 aromatic heterocycles. The molecule has 1 atom stereocenters. The van der Waals surface area contributed by atoms with E-state index < -0.39 is 11.5 Å². The van der Waals surface area contributed by atoms with Crippen molar-refractivity contribution < 1.29 is 9.90 Å². The molecule has 0 aliphatic carbocycles. The van der Waals surface area contributed by atoms with Gasteiger partial charge < -0.3 is 15.4 Å². The van der Waals surface area contributed by atoms with Gasteiger partial charge in [0.2, 0.25) is 0 Å². The highest BCUT2D eigenvalue weighted by Crippen LogP contribution is 2.18. The van der Waals surface area contributed by atoms with Crippen molar-refractivity contribution in [1.29, 1.82) is 0 Å². The first-order valence-corrected chi connectivity index (χ1v) is 7.67. The molecule has 1 aromatic rings. The van der Waals surface area contributed by atoms with Crippen LogP contribution in [0.3, 0.4) is 0 Å². The topological polar surface area (TPSA) is 78.0 Å². The van der Waals surface area contributed by atoms with Crippen LogP contribution in [0.1, 0.15) is 39.5 Å². The van der Waals surface area contributed by atoms with Crippen LogP contribution in [0.25, 0.3) is 0 Å². The predicted octanol–water partition coefficient (Wildman–Crippen LogP) is 2.51. The molecular weight excluding hydrogens is 262 g/mol. The van der Waals surface area contributed by atoms with Gasteiger partial charge in [0.05, 0.1) is 0 Å². The Morgan fingerprint density at radius 3 is 2.95 bits per heavy atom. The second-order valence-corrected chi connectivity index (χ2v) is 5.85. The Balaban J connectivity index is 2.22. The Hall–Kier alpha value is -1.01. The van der Waals surface area contributed by atoms with Crippen molar-refractivity contribution in [1.82, 2.24) is 15.3 Å². The molecule has 1 rings (SSSR count). The lowest BCUT2D eigenvalue weighted by Crippen LogP contribution is -2.49. The van der Waals surface area contributed by atoms with E-state index in [0.29, 0.717) is 6.42 Å². The minimum atomic E-state index is -0.800. The highest BCUT2D eigenvalue weighted by Gasteiger charge is 2.31. The molecule has 3 N–H and O–H groups in total. The van der Waals surface area contributed by atoms with Crippen LogP contribution in [0.15, 0.2) is 17.6 Å². The molecule has 6 heteroatoms. The average molecular weight is 285 g/mol. The van der Waals surface area contributed by atoms with Crippen molar-refractivity contribution in [3.05, 3.63) is 12.4 Å². The number of imidazole rings is 1. The van der Waals surface area contributed by atoms with E-state index in [-0.39, 0.29) is 0 Å². The fourth-order valence-electron chi connectivity index (χ4n) is 1.75. The van der Waals surface area contributed by atoms with Crippen LogP contribution in [0, 0.1) is 0 Å². The summed E-state index contributed by atoms with van der Waals surface area (Å²) >= 11 is 1.67. The molecule has 19 heavy (non-hydrogen) atoms. The standard InChI is InChI=1S/C13H23N3O2S/c1-3-7-16-13(2,11(17)18)6-4-5-10-19-12-14-8-9-15-12/h8-9,16H,3-7,10H2,1-2H3,(H,14,15)(H,17,18). The lowest BCUT2D eigenvalue weighted by atomic mass is 9.95. The van der Waals surface area contributed by atoms with Crippen LogP contribution in [0.4, 0.5) is 0 Å². The number of unbranched alkanes of at least 4 members (excludes halogenated alkanes) is 1.